The lowest BCUT2D eigenvalue weighted by Crippen LogP contribution is -2.28. The van der Waals surface area contributed by atoms with Gasteiger partial charge in [0.05, 0.1) is 5.69 Å². The van der Waals surface area contributed by atoms with Gasteiger partial charge in [0, 0.05) is 12.7 Å². The zero-order valence-corrected chi connectivity index (χ0v) is 11.4. The number of anilines is 2. The molecule has 0 unspecified atom stereocenters. The second kappa shape index (κ2) is 5.09. The lowest BCUT2D eigenvalue weighted by Gasteiger charge is -2.20. The Hall–Kier alpha value is -2.15. The largest absolute Gasteiger partial charge is 0.399 e. The molecule has 0 atom stereocenters. The molecule has 0 aliphatic carbocycles. The molecule has 0 aromatic heterocycles. The van der Waals surface area contributed by atoms with Crippen molar-refractivity contribution in [1.82, 2.24) is 0 Å². The molecule has 0 aliphatic rings. The number of rotatable bonds is 3. The zero-order valence-electron chi connectivity index (χ0n) is 10.5. The molecule has 2 aromatic rings. The fraction of sp³-hybridized carbons (Fsp3) is 0.0769. The van der Waals surface area contributed by atoms with Crippen molar-refractivity contribution in [2.75, 3.05) is 17.1 Å². The number of para-hydroxylation sites is 1. The summed E-state index contributed by atoms with van der Waals surface area (Å²) in [6.45, 7) is 0. The van der Waals surface area contributed by atoms with Crippen LogP contribution in [0, 0.1) is 11.6 Å². The van der Waals surface area contributed by atoms with Crippen LogP contribution in [0.3, 0.4) is 0 Å². The van der Waals surface area contributed by atoms with Gasteiger partial charge in [-0.25, -0.2) is 17.2 Å². The van der Waals surface area contributed by atoms with Crippen molar-refractivity contribution in [3.63, 3.8) is 0 Å². The molecule has 0 heterocycles. The smallest absolute Gasteiger partial charge is 0.269 e. The van der Waals surface area contributed by atoms with Gasteiger partial charge in [0.15, 0.2) is 4.90 Å². The van der Waals surface area contributed by atoms with Crippen LogP contribution in [0.25, 0.3) is 0 Å². The van der Waals surface area contributed by atoms with Crippen molar-refractivity contribution in [2.24, 2.45) is 0 Å². The number of hydrogen-bond acceptors (Lipinski definition) is 3. The molecule has 2 rings (SSSR count). The van der Waals surface area contributed by atoms with Crippen LogP contribution in [0.2, 0.25) is 0 Å². The van der Waals surface area contributed by atoms with Crippen LogP contribution >= 0.6 is 0 Å². The monoisotopic (exact) mass is 298 g/mol. The highest BCUT2D eigenvalue weighted by molar-refractivity contribution is 7.92. The van der Waals surface area contributed by atoms with E-state index in [4.69, 9.17) is 5.73 Å². The van der Waals surface area contributed by atoms with Gasteiger partial charge >= 0.3 is 0 Å². The summed E-state index contributed by atoms with van der Waals surface area (Å²) < 4.78 is 52.9. The van der Waals surface area contributed by atoms with Crippen molar-refractivity contribution in [2.45, 2.75) is 4.90 Å². The fourth-order valence-electron chi connectivity index (χ4n) is 1.74. The minimum absolute atomic E-state index is 0.179. The number of benzene rings is 2. The number of hydrogen-bond donors (Lipinski definition) is 1. The van der Waals surface area contributed by atoms with Gasteiger partial charge in [-0.2, -0.15) is 0 Å². The Morgan fingerprint density at radius 2 is 1.55 bits per heavy atom. The quantitative estimate of drug-likeness (QED) is 0.885. The van der Waals surface area contributed by atoms with Gasteiger partial charge in [0.1, 0.15) is 11.6 Å². The Morgan fingerprint density at radius 1 is 1.05 bits per heavy atom. The number of nitrogens with zero attached hydrogens (tertiary/aromatic N) is 1. The molecule has 0 saturated heterocycles. The lowest BCUT2D eigenvalue weighted by molar-refractivity contribution is 0.519. The number of nitrogens with two attached hydrogens (primary N) is 1. The molecule has 0 spiro atoms. The first kappa shape index (κ1) is 14.3. The number of nitrogen functional groups attached to an aromatic ring is 1. The van der Waals surface area contributed by atoms with E-state index in [1.165, 1.54) is 19.2 Å². The topological polar surface area (TPSA) is 63.4 Å². The van der Waals surface area contributed by atoms with Crippen molar-refractivity contribution in [3.8, 4) is 0 Å². The van der Waals surface area contributed by atoms with E-state index in [-0.39, 0.29) is 5.69 Å². The summed E-state index contributed by atoms with van der Waals surface area (Å²) in [4.78, 5) is -1.02. The van der Waals surface area contributed by atoms with E-state index in [9.17, 15) is 17.2 Å². The molecule has 7 heteroatoms. The van der Waals surface area contributed by atoms with Gasteiger partial charge in [-0.1, -0.05) is 18.2 Å². The standard InChI is InChI=1S/C13H12F2N2O2S/c1-17(10-5-3-2-4-6-10)20(18,19)13-11(14)7-9(16)8-12(13)15/h2-8H,16H2,1H3. The van der Waals surface area contributed by atoms with Crippen molar-refractivity contribution in [3.05, 3.63) is 54.1 Å². The molecule has 0 fully saturated rings. The predicted octanol–water partition coefficient (Wildman–Crippen LogP) is 2.37. The third-order valence-corrected chi connectivity index (χ3v) is 4.60. The van der Waals surface area contributed by atoms with Gasteiger partial charge < -0.3 is 5.73 Å². The van der Waals surface area contributed by atoms with Crippen LogP contribution in [0.1, 0.15) is 0 Å². The molecule has 0 aliphatic heterocycles. The Labute approximate surface area is 115 Å². The van der Waals surface area contributed by atoms with E-state index < -0.39 is 26.6 Å². The Kier molecular flexibility index (Phi) is 3.63. The van der Waals surface area contributed by atoms with Crippen molar-refractivity contribution in [1.29, 1.82) is 0 Å². The minimum Gasteiger partial charge on any atom is -0.399 e. The average Bonchev–Trinajstić information content (AvgIpc) is 2.37. The lowest BCUT2D eigenvalue weighted by atomic mass is 10.3. The van der Waals surface area contributed by atoms with E-state index in [2.05, 4.69) is 0 Å². The summed E-state index contributed by atoms with van der Waals surface area (Å²) in [5.74, 6) is -2.43. The molecule has 106 valence electrons. The van der Waals surface area contributed by atoms with Crippen molar-refractivity contribution < 1.29 is 17.2 Å². The Balaban J connectivity index is 2.57. The molecule has 2 N–H and O–H groups in total. The van der Waals surface area contributed by atoms with Gasteiger partial charge in [-0.05, 0) is 24.3 Å². The molecule has 0 amide bonds. The first-order valence-corrected chi connectivity index (χ1v) is 7.06. The fourth-order valence-corrected chi connectivity index (χ4v) is 3.02. The molecule has 0 saturated carbocycles. The van der Waals surface area contributed by atoms with Crippen LogP contribution in [0.15, 0.2) is 47.4 Å². The first-order valence-electron chi connectivity index (χ1n) is 5.62. The zero-order chi connectivity index (χ0) is 14.9. The van der Waals surface area contributed by atoms with Crippen LogP contribution in [-0.2, 0) is 10.0 Å². The second-order valence-corrected chi connectivity index (χ2v) is 6.03. The molecular weight excluding hydrogens is 286 g/mol. The molecule has 0 bridgehead atoms. The average molecular weight is 298 g/mol. The van der Waals surface area contributed by atoms with E-state index in [1.54, 1.807) is 18.2 Å². The highest BCUT2D eigenvalue weighted by atomic mass is 32.2. The molecule has 4 nitrogen and oxygen atoms in total. The van der Waals surface area contributed by atoms with Crippen LogP contribution in [0.4, 0.5) is 20.2 Å². The van der Waals surface area contributed by atoms with Crippen LogP contribution < -0.4 is 10.0 Å². The van der Waals surface area contributed by atoms with E-state index in [0.717, 1.165) is 16.4 Å². The van der Waals surface area contributed by atoms with E-state index in [1.807, 2.05) is 0 Å². The van der Waals surface area contributed by atoms with Crippen molar-refractivity contribution >= 4 is 21.4 Å². The van der Waals surface area contributed by atoms with E-state index >= 15 is 0 Å². The highest BCUT2D eigenvalue weighted by Gasteiger charge is 2.29. The number of sulfonamides is 1. The normalized spacial score (nSPS) is 11.3. The van der Waals surface area contributed by atoms with Gasteiger partial charge in [0.25, 0.3) is 10.0 Å². The molecular formula is C13H12F2N2O2S. The molecule has 0 radical (unpaired) electrons. The van der Waals surface area contributed by atoms with Gasteiger partial charge in [-0.15, -0.1) is 0 Å². The summed E-state index contributed by atoms with van der Waals surface area (Å²) in [7, 11) is -3.12. The van der Waals surface area contributed by atoms with Gasteiger partial charge in [0.2, 0.25) is 0 Å². The Morgan fingerprint density at radius 3 is 2.05 bits per heavy atom. The maximum absolute atomic E-state index is 13.8. The highest BCUT2D eigenvalue weighted by Crippen LogP contribution is 2.27. The SMILES string of the molecule is CN(c1ccccc1)S(=O)(=O)c1c(F)cc(N)cc1F. The minimum atomic E-state index is -4.34. The first-order chi connectivity index (χ1) is 9.34. The second-order valence-electron chi connectivity index (χ2n) is 4.12. The summed E-state index contributed by atoms with van der Waals surface area (Å²) in [5.41, 5.74) is 5.39. The summed E-state index contributed by atoms with van der Waals surface area (Å²) in [6, 6.07) is 9.53. The van der Waals surface area contributed by atoms with E-state index in [0.29, 0.717) is 5.69 Å². The molecule has 2 aromatic carbocycles. The third-order valence-electron chi connectivity index (χ3n) is 2.76. The summed E-state index contributed by atoms with van der Waals surface area (Å²) in [5, 5.41) is 0. The third kappa shape index (κ3) is 2.44. The predicted molar refractivity (Wildman–Crippen MR) is 72.8 cm³/mol. The number of halogens is 2. The molecule has 20 heavy (non-hydrogen) atoms. The maximum Gasteiger partial charge on any atom is 0.269 e. The van der Waals surface area contributed by atoms with Crippen LogP contribution in [-0.4, -0.2) is 15.5 Å². The summed E-state index contributed by atoms with van der Waals surface area (Å²) >= 11 is 0. The van der Waals surface area contributed by atoms with Gasteiger partial charge in [-0.3, -0.25) is 4.31 Å². The van der Waals surface area contributed by atoms with Crippen LogP contribution in [0.5, 0.6) is 0 Å². The summed E-state index contributed by atoms with van der Waals surface area (Å²) in [6.07, 6.45) is 0. The Bertz CT molecular complexity index is 710. The maximum atomic E-state index is 13.8.